The molecule has 0 amide bonds. The van der Waals surface area contributed by atoms with E-state index < -0.39 is 23.1 Å². The first kappa shape index (κ1) is 11.8. The molecule has 2 atom stereocenters. The van der Waals surface area contributed by atoms with Crippen molar-refractivity contribution in [3.8, 4) is 0 Å². The Hall–Kier alpha value is -1.24. The van der Waals surface area contributed by atoms with Crippen LogP contribution < -0.4 is 0 Å². The number of hydrogen-bond acceptors (Lipinski definition) is 7. The minimum atomic E-state index is -0.850. The summed E-state index contributed by atoms with van der Waals surface area (Å²) in [5.41, 5.74) is 0.238. The molecule has 6 nitrogen and oxygen atoms in total. The molecule has 0 aromatic carbocycles. The number of esters is 2. The highest BCUT2D eigenvalue weighted by atomic mass is 32.2. The maximum atomic E-state index is 11.4. The average Bonchev–Trinajstić information content (AvgIpc) is 2.70. The Labute approximate surface area is 90.6 Å². The van der Waals surface area contributed by atoms with Gasteiger partial charge in [0.05, 0.1) is 19.9 Å². The van der Waals surface area contributed by atoms with Crippen LogP contribution in [0.15, 0.2) is 5.16 Å². The fourth-order valence-electron chi connectivity index (χ4n) is 1.33. The van der Waals surface area contributed by atoms with Crippen LogP contribution in [0.1, 0.15) is 0 Å². The molecule has 1 saturated heterocycles. The minimum Gasteiger partial charge on any atom is -0.468 e. The number of rotatable bonds is 2. The minimum absolute atomic E-state index is 0.238. The van der Waals surface area contributed by atoms with Gasteiger partial charge in [-0.25, -0.2) is 0 Å². The zero-order chi connectivity index (χ0) is 11.4. The van der Waals surface area contributed by atoms with Crippen molar-refractivity contribution in [1.29, 1.82) is 0 Å². The Balaban J connectivity index is 2.91. The van der Waals surface area contributed by atoms with E-state index in [1.54, 1.807) is 0 Å². The van der Waals surface area contributed by atoms with Crippen LogP contribution in [-0.4, -0.2) is 48.1 Å². The van der Waals surface area contributed by atoms with Crippen LogP contribution in [0, 0.1) is 5.92 Å². The molecule has 0 bridgehead atoms. The number of nitrogens with zero attached hydrogens (tertiary/aromatic N) is 1. The molecule has 0 aromatic rings. The Kier molecular flexibility index (Phi) is 3.96. The second kappa shape index (κ2) is 5.01. The third kappa shape index (κ3) is 2.23. The topological polar surface area (TPSA) is 85.2 Å². The van der Waals surface area contributed by atoms with E-state index in [9.17, 15) is 9.59 Å². The Morgan fingerprint density at radius 3 is 2.47 bits per heavy atom. The van der Waals surface area contributed by atoms with Gasteiger partial charge >= 0.3 is 11.9 Å². The SMILES string of the molecule is COC(=O)C1SCC(=NO)C1C(=O)OC. The highest BCUT2D eigenvalue weighted by Crippen LogP contribution is 2.32. The molecule has 7 heteroatoms. The fourth-order valence-corrected chi connectivity index (χ4v) is 2.61. The van der Waals surface area contributed by atoms with Crippen LogP contribution in [0.2, 0.25) is 0 Å². The van der Waals surface area contributed by atoms with Gasteiger partial charge in [-0.05, 0) is 0 Å². The van der Waals surface area contributed by atoms with Gasteiger partial charge in [0, 0.05) is 5.75 Å². The lowest BCUT2D eigenvalue weighted by atomic mass is 10.0. The smallest absolute Gasteiger partial charge is 0.320 e. The van der Waals surface area contributed by atoms with Crippen molar-refractivity contribution < 1.29 is 24.3 Å². The summed E-state index contributed by atoms with van der Waals surface area (Å²) < 4.78 is 9.09. The molecule has 1 fully saturated rings. The normalized spacial score (nSPS) is 27.7. The van der Waals surface area contributed by atoms with Gasteiger partial charge < -0.3 is 14.7 Å². The van der Waals surface area contributed by atoms with E-state index >= 15 is 0 Å². The van der Waals surface area contributed by atoms with Gasteiger partial charge in [-0.15, -0.1) is 11.8 Å². The van der Waals surface area contributed by atoms with E-state index in [2.05, 4.69) is 14.6 Å². The molecule has 1 aliphatic rings. The summed E-state index contributed by atoms with van der Waals surface area (Å²) in [6.07, 6.45) is 0. The number of carbonyl (C=O) groups excluding carboxylic acids is 2. The predicted molar refractivity (Wildman–Crippen MR) is 53.0 cm³/mol. The van der Waals surface area contributed by atoms with Crippen LogP contribution >= 0.6 is 11.8 Å². The van der Waals surface area contributed by atoms with Gasteiger partial charge in [0.2, 0.25) is 0 Å². The Bertz CT molecular complexity index is 303. The number of ether oxygens (including phenoxy) is 2. The molecule has 0 radical (unpaired) electrons. The van der Waals surface area contributed by atoms with E-state index in [0.717, 1.165) is 0 Å². The van der Waals surface area contributed by atoms with Crippen molar-refractivity contribution in [2.24, 2.45) is 11.1 Å². The van der Waals surface area contributed by atoms with Crippen LogP contribution in [0.5, 0.6) is 0 Å². The van der Waals surface area contributed by atoms with E-state index in [1.807, 2.05) is 0 Å². The molecule has 1 heterocycles. The van der Waals surface area contributed by atoms with Crippen molar-refractivity contribution >= 4 is 29.4 Å². The molecule has 1 N–H and O–H groups in total. The van der Waals surface area contributed by atoms with Gasteiger partial charge in [0.25, 0.3) is 0 Å². The van der Waals surface area contributed by atoms with Crippen molar-refractivity contribution in [3.63, 3.8) is 0 Å². The lowest BCUT2D eigenvalue weighted by Crippen LogP contribution is -2.34. The first-order valence-corrected chi connectivity index (χ1v) is 5.18. The van der Waals surface area contributed by atoms with Crippen molar-refractivity contribution in [2.75, 3.05) is 20.0 Å². The number of carbonyl (C=O) groups is 2. The number of methoxy groups -OCH3 is 2. The molecule has 15 heavy (non-hydrogen) atoms. The highest BCUT2D eigenvalue weighted by molar-refractivity contribution is 8.01. The number of hydrogen-bond donors (Lipinski definition) is 1. The average molecular weight is 233 g/mol. The largest absolute Gasteiger partial charge is 0.468 e. The second-order valence-corrected chi connectivity index (χ2v) is 3.98. The second-order valence-electron chi connectivity index (χ2n) is 2.85. The quantitative estimate of drug-likeness (QED) is 0.407. The van der Waals surface area contributed by atoms with E-state index in [1.165, 1.54) is 26.0 Å². The maximum Gasteiger partial charge on any atom is 0.320 e. The summed E-state index contributed by atoms with van der Waals surface area (Å²) in [6.45, 7) is 0. The summed E-state index contributed by atoms with van der Waals surface area (Å²) in [7, 11) is 2.46. The number of oxime groups is 1. The first-order chi connectivity index (χ1) is 7.15. The van der Waals surface area contributed by atoms with E-state index in [4.69, 9.17) is 5.21 Å². The van der Waals surface area contributed by atoms with Crippen molar-refractivity contribution in [3.05, 3.63) is 0 Å². The molecule has 0 aliphatic carbocycles. The zero-order valence-corrected chi connectivity index (χ0v) is 9.11. The van der Waals surface area contributed by atoms with Crippen LogP contribution in [0.3, 0.4) is 0 Å². The fraction of sp³-hybridized carbons (Fsp3) is 0.625. The lowest BCUT2D eigenvalue weighted by Gasteiger charge is -2.13. The summed E-state index contributed by atoms with van der Waals surface area (Å²) in [5.74, 6) is -1.65. The Morgan fingerprint density at radius 2 is 2.00 bits per heavy atom. The molecule has 0 saturated carbocycles. The summed E-state index contributed by atoms with van der Waals surface area (Å²) in [4.78, 5) is 22.7. The zero-order valence-electron chi connectivity index (χ0n) is 8.30. The van der Waals surface area contributed by atoms with Gasteiger partial charge in [0.1, 0.15) is 11.2 Å². The Morgan fingerprint density at radius 1 is 1.40 bits per heavy atom. The van der Waals surface area contributed by atoms with Crippen LogP contribution in [0.25, 0.3) is 0 Å². The standard InChI is InChI=1S/C8H11NO5S/c1-13-7(10)5-4(9-12)3-15-6(5)8(11)14-2/h5-6,12H,3H2,1-2H3. The first-order valence-electron chi connectivity index (χ1n) is 4.13. The van der Waals surface area contributed by atoms with Crippen LogP contribution in [-0.2, 0) is 19.1 Å². The van der Waals surface area contributed by atoms with Gasteiger partial charge in [-0.3, -0.25) is 9.59 Å². The third-order valence-corrected chi connectivity index (χ3v) is 3.38. The summed E-state index contributed by atoms with van der Waals surface area (Å²) in [5, 5.41) is 11.0. The highest BCUT2D eigenvalue weighted by Gasteiger charge is 2.45. The van der Waals surface area contributed by atoms with E-state index in [-0.39, 0.29) is 5.71 Å². The summed E-state index contributed by atoms with van der Waals surface area (Å²) in [6, 6.07) is 0. The van der Waals surface area contributed by atoms with Crippen LogP contribution in [0.4, 0.5) is 0 Å². The molecule has 0 aromatic heterocycles. The van der Waals surface area contributed by atoms with E-state index in [0.29, 0.717) is 5.75 Å². The predicted octanol–water partition coefficient (Wildman–Crippen LogP) is -0.106. The lowest BCUT2D eigenvalue weighted by molar-refractivity contribution is -0.148. The molecule has 84 valence electrons. The van der Waals surface area contributed by atoms with Gasteiger partial charge in [-0.2, -0.15) is 0 Å². The molecule has 1 aliphatic heterocycles. The molecule has 2 unspecified atom stereocenters. The monoisotopic (exact) mass is 233 g/mol. The molecular formula is C8H11NO5S. The van der Waals surface area contributed by atoms with Crippen molar-refractivity contribution in [1.82, 2.24) is 0 Å². The van der Waals surface area contributed by atoms with Gasteiger partial charge in [-0.1, -0.05) is 5.16 Å². The molecule has 0 spiro atoms. The molecular weight excluding hydrogens is 222 g/mol. The van der Waals surface area contributed by atoms with Gasteiger partial charge in [0.15, 0.2) is 0 Å². The molecule has 1 rings (SSSR count). The summed E-state index contributed by atoms with van der Waals surface area (Å²) >= 11 is 1.19. The maximum absolute atomic E-state index is 11.4. The third-order valence-electron chi connectivity index (χ3n) is 2.09. The van der Waals surface area contributed by atoms with Crippen molar-refractivity contribution in [2.45, 2.75) is 5.25 Å². The number of thioether (sulfide) groups is 1.